The van der Waals surface area contributed by atoms with E-state index < -0.39 is 0 Å². The predicted octanol–water partition coefficient (Wildman–Crippen LogP) is 12.6. The van der Waals surface area contributed by atoms with Crippen molar-refractivity contribution in [3.05, 3.63) is 206 Å². The second-order valence-electron chi connectivity index (χ2n) is 13.2. The van der Waals surface area contributed by atoms with E-state index in [1.807, 2.05) is 42.6 Å². The molecule has 0 bridgehead atoms. The van der Waals surface area contributed by atoms with Crippen LogP contribution < -0.4 is 0 Å². The lowest BCUT2D eigenvalue weighted by atomic mass is 9.97. The maximum Gasteiger partial charge on any atom is 0.164 e. The van der Waals surface area contributed by atoms with Crippen molar-refractivity contribution >= 4 is 0 Å². The highest BCUT2D eigenvalue weighted by Gasteiger charge is 2.16. The van der Waals surface area contributed by atoms with Gasteiger partial charge in [-0.25, -0.2) is 15.0 Å². The van der Waals surface area contributed by atoms with Gasteiger partial charge in [-0.15, -0.1) is 0 Å². The first-order valence-corrected chi connectivity index (χ1v) is 18.0. The quantitative estimate of drug-likeness (QED) is 0.159. The molecule has 0 spiro atoms. The molecule has 0 N–H and O–H groups in total. The lowest BCUT2D eigenvalue weighted by Gasteiger charge is -2.13. The van der Waals surface area contributed by atoms with Crippen molar-refractivity contribution in [1.82, 2.24) is 19.9 Å². The maximum absolute atomic E-state index is 5.15. The van der Waals surface area contributed by atoms with Crippen molar-refractivity contribution in [3.8, 4) is 89.9 Å². The number of pyridine rings is 1. The molecule has 0 aliphatic carbocycles. The Bertz CT molecular complexity index is 2540. The minimum absolute atomic E-state index is 0.592. The zero-order valence-corrected chi connectivity index (χ0v) is 29.4. The third-order valence-corrected chi connectivity index (χ3v) is 9.60. The molecule has 0 atom stereocenters. The molecule has 0 radical (unpaired) electrons. The third-order valence-electron chi connectivity index (χ3n) is 9.60. The summed E-state index contributed by atoms with van der Waals surface area (Å²) in [5.74, 6) is 1.81. The smallest absolute Gasteiger partial charge is 0.164 e. The van der Waals surface area contributed by atoms with Crippen LogP contribution in [-0.4, -0.2) is 19.9 Å². The first-order valence-electron chi connectivity index (χ1n) is 18.0. The molecular weight excluding hydrogens is 657 g/mol. The molecule has 0 saturated heterocycles. The maximum atomic E-state index is 5.15. The number of hydrogen-bond donors (Lipinski definition) is 0. The van der Waals surface area contributed by atoms with Crippen molar-refractivity contribution in [3.63, 3.8) is 0 Å². The Hall–Kier alpha value is -7.30. The van der Waals surface area contributed by atoms with Gasteiger partial charge in [-0.2, -0.15) is 0 Å². The average Bonchev–Trinajstić information content (AvgIpc) is 3.27. The summed E-state index contributed by atoms with van der Waals surface area (Å²) in [7, 11) is 0. The summed E-state index contributed by atoms with van der Waals surface area (Å²) in [5.41, 5.74) is 13.5. The summed E-state index contributed by atoms with van der Waals surface area (Å²) in [6, 6.07) is 69.1. The minimum atomic E-state index is 0.592. The Balaban J connectivity index is 1.17. The van der Waals surface area contributed by atoms with Gasteiger partial charge in [-0.3, -0.25) is 4.98 Å². The summed E-state index contributed by atoms with van der Waals surface area (Å²) in [4.78, 5) is 20.3. The highest BCUT2D eigenvalue weighted by molar-refractivity contribution is 5.80. The van der Waals surface area contributed by atoms with Gasteiger partial charge in [0.1, 0.15) is 0 Å². The van der Waals surface area contributed by atoms with Crippen LogP contribution in [0, 0.1) is 0 Å². The summed E-state index contributed by atoms with van der Waals surface area (Å²) < 4.78 is 0. The van der Waals surface area contributed by atoms with Crippen LogP contribution in [0.3, 0.4) is 0 Å². The summed E-state index contributed by atoms with van der Waals surface area (Å²) in [6.07, 6.45) is 1.94. The van der Waals surface area contributed by atoms with Crippen molar-refractivity contribution in [1.29, 1.82) is 0 Å². The fraction of sp³-hybridized carbons (Fsp3) is 0. The van der Waals surface area contributed by atoms with Gasteiger partial charge in [0.05, 0.1) is 5.69 Å². The lowest BCUT2D eigenvalue weighted by Crippen LogP contribution is -2.01. The van der Waals surface area contributed by atoms with Gasteiger partial charge in [-0.1, -0.05) is 176 Å². The molecule has 9 aromatic rings. The molecule has 2 aromatic heterocycles. The highest BCUT2D eigenvalue weighted by Crippen LogP contribution is 2.34. The summed E-state index contributed by atoms with van der Waals surface area (Å²) >= 11 is 0. The van der Waals surface area contributed by atoms with Crippen LogP contribution in [0.5, 0.6) is 0 Å². The van der Waals surface area contributed by atoms with Crippen LogP contribution in [0.2, 0.25) is 0 Å². The molecule has 0 aliphatic rings. The fourth-order valence-electron chi connectivity index (χ4n) is 6.72. The monoisotopic (exact) mass is 690 g/mol. The molecule has 4 nitrogen and oxygen atoms in total. The molecule has 0 amide bonds. The molecule has 2 heterocycles. The molecule has 9 rings (SSSR count). The molecule has 0 unspecified atom stereocenters. The van der Waals surface area contributed by atoms with Crippen LogP contribution in [0.1, 0.15) is 0 Å². The number of benzene rings is 7. The summed E-state index contributed by atoms with van der Waals surface area (Å²) in [5, 5.41) is 0. The molecule has 4 heteroatoms. The largest absolute Gasteiger partial charge is 0.256 e. The standard InChI is InChI=1S/C50H34N4/c1-5-13-35(14-6-1)39-21-25-41(26-22-39)48-52-49(42-27-23-40(24-28-42)36-15-7-2-8-16-36)54-50(53-48)46-32-44(38-19-11-4-12-20-38)31-45(33-46)47-30-29-43(34-51-47)37-17-9-3-10-18-37/h1-34H. The first kappa shape index (κ1) is 32.6. The highest BCUT2D eigenvalue weighted by atomic mass is 15.0. The van der Waals surface area contributed by atoms with E-state index in [1.54, 1.807) is 0 Å². The van der Waals surface area contributed by atoms with Crippen molar-refractivity contribution in [2.75, 3.05) is 0 Å². The topological polar surface area (TPSA) is 51.6 Å². The molecular formula is C50H34N4. The molecule has 0 saturated carbocycles. The van der Waals surface area contributed by atoms with E-state index >= 15 is 0 Å². The van der Waals surface area contributed by atoms with Crippen molar-refractivity contribution in [2.45, 2.75) is 0 Å². The fourth-order valence-corrected chi connectivity index (χ4v) is 6.72. The van der Waals surface area contributed by atoms with Crippen LogP contribution in [0.4, 0.5) is 0 Å². The molecule has 54 heavy (non-hydrogen) atoms. The second kappa shape index (κ2) is 14.7. The number of rotatable bonds is 8. The van der Waals surface area contributed by atoms with E-state index in [4.69, 9.17) is 19.9 Å². The van der Waals surface area contributed by atoms with Gasteiger partial charge in [0.15, 0.2) is 17.5 Å². The molecule has 254 valence electrons. The van der Waals surface area contributed by atoms with E-state index in [-0.39, 0.29) is 0 Å². The van der Waals surface area contributed by atoms with Gasteiger partial charge in [0.25, 0.3) is 0 Å². The van der Waals surface area contributed by atoms with Crippen molar-refractivity contribution in [2.24, 2.45) is 0 Å². The Kier molecular flexibility index (Phi) is 8.90. The average molecular weight is 691 g/mol. The van der Waals surface area contributed by atoms with E-state index in [0.717, 1.165) is 72.5 Å². The van der Waals surface area contributed by atoms with Gasteiger partial charge >= 0.3 is 0 Å². The lowest BCUT2D eigenvalue weighted by molar-refractivity contribution is 1.07. The second-order valence-corrected chi connectivity index (χ2v) is 13.2. The summed E-state index contributed by atoms with van der Waals surface area (Å²) in [6.45, 7) is 0. The molecule has 0 fully saturated rings. The Morgan fingerprint density at radius 3 is 0.963 bits per heavy atom. The van der Waals surface area contributed by atoms with Crippen LogP contribution >= 0.6 is 0 Å². The zero-order valence-electron chi connectivity index (χ0n) is 29.4. The van der Waals surface area contributed by atoms with E-state index in [1.165, 1.54) is 0 Å². The Morgan fingerprint density at radius 1 is 0.222 bits per heavy atom. The van der Waals surface area contributed by atoms with Crippen LogP contribution in [-0.2, 0) is 0 Å². The molecule has 0 aliphatic heterocycles. The van der Waals surface area contributed by atoms with E-state index in [9.17, 15) is 0 Å². The van der Waals surface area contributed by atoms with Gasteiger partial charge in [-0.05, 0) is 63.2 Å². The number of aromatic nitrogens is 4. The number of nitrogens with zero attached hydrogens (tertiary/aromatic N) is 4. The minimum Gasteiger partial charge on any atom is -0.256 e. The van der Waals surface area contributed by atoms with E-state index in [2.05, 4.69) is 164 Å². The Morgan fingerprint density at radius 2 is 0.537 bits per heavy atom. The number of hydrogen-bond acceptors (Lipinski definition) is 4. The first-order chi connectivity index (χ1) is 26.7. The third kappa shape index (κ3) is 6.97. The Labute approximate surface area is 315 Å². The van der Waals surface area contributed by atoms with Gasteiger partial charge < -0.3 is 0 Å². The van der Waals surface area contributed by atoms with Crippen molar-refractivity contribution < 1.29 is 0 Å². The SMILES string of the molecule is c1ccc(-c2ccc(-c3nc(-c4ccc(-c5ccccc5)cc4)nc(-c4cc(-c5ccccc5)cc(-c5ccc(-c6ccccc6)cn5)c4)n3)cc2)cc1. The zero-order chi connectivity index (χ0) is 36.1. The predicted molar refractivity (Wildman–Crippen MR) is 221 cm³/mol. The van der Waals surface area contributed by atoms with Crippen LogP contribution in [0.15, 0.2) is 206 Å². The van der Waals surface area contributed by atoms with Gasteiger partial charge in [0.2, 0.25) is 0 Å². The molecule has 7 aromatic carbocycles. The van der Waals surface area contributed by atoms with E-state index in [0.29, 0.717) is 17.5 Å². The van der Waals surface area contributed by atoms with Crippen LogP contribution in [0.25, 0.3) is 89.9 Å². The van der Waals surface area contributed by atoms with Gasteiger partial charge in [0, 0.05) is 34.0 Å². The normalized spacial score (nSPS) is 11.0.